The van der Waals surface area contributed by atoms with Crippen LogP contribution < -0.4 is 20.9 Å². The van der Waals surface area contributed by atoms with Crippen LogP contribution in [-0.4, -0.2) is 64.7 Å². The van der Waals surface area contributed by atoms with E-state index in [1.807, 2.05) is 4.98 Å². The number of aliphatic hydroxyl groups excluding tert-OH is 1. The number of halogens is 1. The van der Waals surface area contributed by atoms with Crippen LogP contribution in [-0.2, 0) is 23.4 Å². The first-order chi connectivity index (χ1) is 16.5. The van der Waals surface area contributed by atoms with E-state index in [4.69, 9.17) is 38.0 Å². The fourth-order valence-electron chi connectivity index (χ4n) is 3.24. The van der Waals surface area contributed by atoms with Crippen LogP contribution in [0.5, 0.6) is 5.75 Å². The number of carbonyl (C=O) groups is 1. The van der Waals surface area contributed by atoms with E-state index < -0.39 is 60.8 Å². The van der Waals surface area contributed by atoms with Crippen molar-refractivity contribution in [3.63, 3.8) is 0 Å². The molecular weight excluding hydrogens is 503 g/mol. The van der Waals surface area contributed by atoms with Crippen LogP contribution in [0.2, 0.25) is 0 Å². The van der Waals surface area contributed by atoms with Gasteiger partial charge in [0, 0.05) is 12.3 Å². The van der Waals surface area contributed by atoms with Gasteiger partial charge in [0.1, 0.15) is 25.7 Å². The van der Waals surface area contributed by atoms with Crippen molar-refractivity contribution in [2.24, 2.45) is 0 Å². The standard InChI is InChI=1S/C20H24BClN3O9P/c1-3-31-17(28)12(2)24-35(30,34-13-7-5-4-6-8-13)32-11-14-16(27)20(21,22)18(33-14)25-10-9-15(26)23-19(25)29/h4-10,12,14,16,18,27H,3,11H2,1-2H3,(H,24,30)(H,23,26,29)/t12-,14+,16+,18+,20-,35+/m0/s1. The van der Waals surface area contributed by atoms with Crippen LogP contribution in [0.25, 0.3) is 0 Å². The molecule has 0 bridgehead atoms. The number of hydrogen-bond donors (Lipinski definition) is 3. The predicted octanol–water partition coefficient (Wildman–Crippen LogP) is 0.643. The quantitative estimate of drug-likeness (QED) is 0.173. The highest BCUT2D eigenvalue weighted by Crippen LogP contribution is 2.47. The van der Waals surface area contributed by atoms with Crippen LogP contribution in [0.4, 0.5) is 0 Å². The molecule has 1 aromatic heterocycles. The van der Waals surface area contributed by atoms with E-state index in [9.17, 15) is 24.1 Å². The summed E-state index contributed by atoms with van der Waals surface area (Å²) in [5.41, 5.74) is -1.52. The second-order valence-corrected chi connectivity index (χ2v) is 9.97. The fourth-order valence-corrected chi connectivity index (χ4v) is 5.03. The van der Waals surface area contributed by atoms with Crippen molar-refractivity contribution in [2.45, 2.75) is 43.1 Å². The number of esters is 1. The number of carbonyl (C=O) groups excluding carboxylic acids is 1. The molecule has 6 atom stereocenters. The Bertz CT molecular complexity index is 1190. The number of aromatic amines is 1. The lowest BCUT2D eigenvalue weighted by molar-refractivity contribution is -0.144. The highest BCUT2D eigenvalue weighted by atomic mass is 35.5. The molecule has 0 saturated carbocycles. The molecule has 1 aromatic carbocycles. The van der Waals surface area contributed by atoms with Gasteiger partial charge < -0.3 is 19.1 Å². The van der Waals surface area contributed by atoms with E-state index in [1.54, 1.807) is 25.1 Å². The highest BCUT2D eigenvalue weighted by Gasteiger charge is 2.53. The molecule has 0 unspecified atom stereocenters. The maximum atomic E-state index is 13.5. The molecule has 3 rings (SSSR count). The van der Waals surface area contributed by atoms with Gasteiger partial charge in [0.25, 0.3) is 5.56 Å². The predicted molar refractivity (Wildman–Crippen MR) is 125 cm³/mol. The molecule has 12 nitrogen and oxygen atoms in total. The van der Waals surface area contributed by atoms with Gasteiger partial charge in [0.05, 0.1) is 24.1 Å². The third-order valence-electron chi connectivity index (χ3n) is 4.96. The van der Waals surface area contributed by atoms with Crippen molar-refractivity contribution in [2.75, 3.05) is 13.2 Å². The molecular formula is C20H24BClN3O9P. The Hall–Kier alpha value is -2.41. The highest BCUT2D eigenvalue weighted by molar-refractivity contribution is 7.52. The number of H-pyrrole nitrogens is 1. The van der Waals surface area contributed by atoms with Crippen molar-refractivity contribution in [1.29, 1.82) is 0 Å². The number of ether oxygens (including phenoxy) is 2. The number of nitrogens with one attached hydrogen (secondary N) is 2. The van der Waals surface area contributed by atoms with Gasteiger partial charge in [-0.2, -0.15) is 5.09 Å². The SMILES string of the molecule is [B][C@]1(Cl)[C@H](O)[C@@H](CO[P@](=O)(N[C@@H](C)C(=O)OCC)Oc2ccccc2)O[C@H]1n1ccc(=O)[nH]c1=O. The van der Waals surface area contributed by atoms with Gasteiger partial charge in [0.2, 0.25) is 0 Å². The summed E-state index contributed by atoms with van der Waals surface area (Å²) in [5, 5.41) is 13.1. The maximum absolute atomic E-state index is 13.5. The summed E-state index contributed by atoms with van der Waals surface area (Å²) in [5.74, 6) is -0.514. The Morgan fingerprint density at radius 3 is 2.69 bits per heavy atom. The van der Waals surface area contributed by atoms with Crippen LogP contribution in [0.15, 0.2) is 52.2 Å². The molecule has 3 N–H and O–H groups in total. The molecule has 0 aliphatic carbocycles. The summed E-state index contributed by atoms with van der Waals surface area (Å²) in [6, 6.07) is 8.02. The van der Waals surface area contributed by atoms with Gasteiger partial charge in [-0.05, 0) is 26.0 Å². The molecule has 1 saturated heterocycles. The summed E-state index contributed by atoms with van der Waals surface area (Å²) in [7, 11) is 1.77. The first-order valence-corrected chi connectivity index (χ1v) is 12.5. The minimum absolute atomic E-state index is 0.109. The van der Waals surface area contributed by atoms with Crippen LogP contribution in [0.1, 0.15) is 20.1 Å². The minimum Gasteiger partial charge on any atom is -0.465 e. The Morgan fingerprint density at radius 2 is 2.06 bits per heavy atom. The third-order valence-corrected chi connectivity index (χ3v) is 7.01. The van der Waals surface area contributed by atoms with Gasteiger partial charge >= 0.3 is 19.4 Å². The van der Waals surface area contributed by atoms with Gasteiger partial charge in [0.15, 0.2) is 6.23 Å². The number of alkyl halides is 1. The molecule has 0 spiro atoms. The molecule has 188 valence electrons. The molecule has 2 heterocycles. The van der Waals surface area contributed by atoms with E-state index >= 15 is 0 Å². The minimum atomic E-state index is -4.25. The monoisotopic (exact) mass is 527 g/mol. The van der Waals surface area contributed by atoms with E-state index in [2.05, 4.69) is 5.09 Å². The number of benzene rings is 1. The zero-order chi connectivity index (χ0) is 25.8. The topological polar surface area (TPSA) is 158 Å². The molecule has 0 amide bonds. The van der Waals surface area contributed by atoms with Crippen LogP contribution in [0, 0.1) is 0 Å². The maximum Gasteiger partial charge on any atom is 0.459 e. The van der Waals surface area contributed by atoms with E-state index in [0.717, 1.165) is 16.8 Å². The van der Waals surface area contributed by atoms with Crippen LogP contribution in [0.3, 0.4) is 0 Å². The van der Waals surface area contributed by atoms with Crippen molar-refractivity contribution in [3.05, 3.63) is 63.4 Å². The number of aliphatic hydroxyl groups is 1. The Kier molecular flexibility index (Phi) is 8.63. The summed E-state index contributed by atoms with van der Waals surface area (Å²) in [4.78, 5) is 37.6. The number of para-hydroxylation sites is 1. The zero-order valence-corrected chi connectivity index (χ0v) is 20.5. The Balaban J connectivity index is 1.80. The Morgan fingerprint density at radius 1 is 1.37 bits per heavy atom. The van der Waals surface area contributed by atoms with Gasteiger partial charge in [-0.25, -0.2) is 9.36 Å². The van der Waals surface area contributed by atoms with Gasteiger partial charge in [-0.15, -0.1) is 11.6 Å². The van der Waals surface area contributed by atoms with Gasteiger partial charge in [-0.1, -0.05) is 18.2 Å². The van der Waals surface area contributed by atoms with E-state index in [1.165, 1.54) is 19.1 Å². The second-order valence-electron chi connectivity index (χ2n) is 7.62. The molecule has 1 aliphatic rings. The third kappa shape index (κ3) is 6.43. The van der Waals surface area contributed by atoms with E-state index in [-0.39, 0.29) is 12.4 Å². The molecule has 1 aliphatic heterocycles. The molecule has 2 aromatic rings. The second kappa shape index (κ2) is 11.1. The fraction of sp³-hybridized carbons (Fsp3) is 0.450. The van der Waals surface area contributed by atoms with Crippen molar-refractivity contribution in [3.8, 4) is 5.75 Å². The lowest BCUT2D eigenvalue weighted by atomic mass is 9.79. The van der Waals surface area contributed by atoms with E-state index in [0.29, 0.717) is 0 Å². The summed E-state index contributed by atoms with van der Waals surface area (Å²) in [6.07, 6.45) is -3.16. The number of hydrogen-bond acceptors (Lipinski definition) is 9. The largest absolute Gasteiger partial charge is 0.465 e. The summed E-state index contributed by atoms with van der Waals surface area (Å²) < 4.78 is 34.0. The first-order valence-electron chi connectivity index (χ1n) is 10.5. The smallest absolute Gasteiger partial charge is 0.459 e. The molecule has 35 heavy (non-hydrogen) atoms. The number of rotatable bonds is 10. The Labute approximate surface area is 206 Å². The molecule has 1 fully saturated rings. The average Bonchev–Trinajstić information content (AvgIpc) is 3.02. The molecule has 15 heteroatoms. The van der Waals surface area contributed by atoms with Crippen molar-refractivity contribution in [1.82, 2.24) is 14.6 Å². The molecule has 2 radical (unpaired) electrons. The lowest BCUT2D eigenvalue weighted by Gasteiger charge is -2.27. The summed E-state index contributed by atoms with van der Waals surface area (Å²) >= 11 is 6.28. The van der Waals surface area contributed by atoms with Crippen molar-refractivity contribution >= 4 is 33.2 Å². The number of aromatic nitrogens is 2. The first kappa shape index (κ1) is 27.2. The normalized spacial score (nSPS) is 26.6. The number of nitrogens with zero attached hydrogens (tertiary/aromatic N) is 1. The summed E-state index contributed by atoms with van der Waals surface area (Å²) in [6.45, 7) is 2.58. The van der Waals surface area contributed by atoms with Gasteiger partial charge in [-0.3, -0.25) is 23.7 Å². The zero-order valence-electron chi connectivity index (χ0n) is 18.8. The van der Waals surface area contributed by atoms with Crippen molar-refractivity contribution < 1.29 is 33.0 Å². The lowest BCUT2D eigenvalue weighted by Crippen LogP contribution is -2.45. The average molecular weight is 528 g/mol. The van der Waals surface area contributed by atoms with Crippen LogP contribution >= 0.6 is 19.3 Å².